The molecule has 0 amide bonds. The zero-order valence-electron chi connectivity index (χ0n) is 8.93. The molecule has 1 aliphatic rings. The fourth-order valence-corrected chi connectivity index (χ4v) is 2.18. The number of ether oxygens (including phenoxy) is 1. The van der Waals surface area contributed by atoms with Crippen molar-refractivity contribution in [3.8, 4) is 10.8 Å². The molecule has 0 spiro atoms. The third-order valence-corrected chi connectivity index (χ3v) is 2.88. The van der Waals surface area contributed by atoms with Gasteiger partial charge in [-0.1, -0.05) is 5.92 Å². The van der Waals surface area contributed by atoms with Crippen LogP contribution in [0.2, 0.25) is 0 Å². The molecule has 0 aromatic carbocycles. The van der Waals surface area contributed by atoms with E-state index in [1.807, 2.05) is 0 Å². The summed E-state index contributed by atoms with van der Waals surface area (Å²) in [6.45, 7) is 1.96. The number of carbonyl (C=O) groups is 1. The Balaban J connectivity index is 2.75. The highest BCUT2D eigenvalue weighted by Gasteiger charge is 2.44. The maximum Gasteiger partial charge on any atom is 0.310 e. The maximum absolute atomic E-state index is 13.2. The third kappa shape index (κ3) is 3.44. The quantitative estimate of drug-likeness (QED) is 0.578. The van der Waals surface area contributed by atoms with Crippen LogP contribution < -0.4 is 0 Å². The SMILES string of the molecule is CCOC(=O)C1CCC(F)(F)CC1C#CBr. The Bertz CT molecular complexity index is 320. The van der Waals surface area contributed by atoms with E-state index in [0.717, 1.165) is 0 Å². The largest absolute Gasteiger partial charge is 0.466 e. The maximum atomic E-state index is 13.2. The molecule has 1 aliphatic carbocycles. The monoisotopic (exact) mass is 294 g/mol. The van der Waals surface area contributed by atoms with Crippen molar-refractivity contribution in [1.82, 2.24) is 0 Å². The predicted octanol–water partition coefficient (Wildman–Crippen LogP) is 2.96. The predicted molar refractivity (Wildman–Crippen MR) is 59.1 cm³/mol. The van der Waals surface area contributed by atoms with E-state index in [-0.39, 0.29) is 25.9 Å². The van der Waals surface area contributed by atoms with Gasteiger partial charge >= 0.3 is 5.97 Å². The number of carbonyl (C=O) groups excluding carboxylic acids is 1. The van der Waals surface area contributed by atoms with E-state index >= 15 is 0 Å². The topological polar surface area (TPSA) is 26.3 Å². The second-order valence-electron chi connectivity index (χ2n) is 3.80. The van der Waals surface area contributed by atoms with E-state index in [1.165, 1.54) is 0 Å². The lowest BCUT2D eigenvalue weighted by Crippen LogP contribution is -2.36. The minimum Gasteiger partial charge on any atom is -0.466 e. The first-order valence-corrected chi connectivity index (χ1v) is 5.95. The van der Waals surface area contributed by atoms with Crippen LogP contribution in [0.1, 0.15) is 26.2 Å². The molecule has 0 saturated heterocycles. The van der Waals surface area contributed by atoms with Gasteiger partial charge < -0.3 is 4.74 Å². The molecule has 0 radical (unpaired) electrons. The Hall–Kier alpha value is -0.630. The Labute approximate surface area is 102 Å². The van der Waals surface area contributed by atoms with E-state index < -0.39 is 23.7 Å². The van der Waals surface area contributed by atoms with Crippen molar-refractivity contribution < 1.29 is 18.3 Å². The Morgan fingerprint density at radius 2 is 2.31 bits per heavy atom. The molecule has 0 aliphatic heterocycles. The van der Waals surface area contributed by atoms with Crippen molar-refractivity contribution in [2.24, 2.45) is 11.8 Å². The molecule has 0 bridgehead atoms. The Morgan fingerprint density at radius 3 is 2.88 bits per heavy atom. The second-order valence-corrected chi connectivity index (χ2v) is 4.20. The molecule has 1 rings (SSSR count). The second kappa shape index (κ2) is 5.62. The van der Waals surface area contributed by atoms with Gasteiger partial charge in [-0.25, -0.2) is 8.78 Å². The minimum absolute atomic E-state index is 0.137. The van der Waals surface area contributed by atoms with Crippen LogP contribution in [0.5, 0.6) is 0 Å². The molecule has 0 heterocycles. The van der Waals surface area contributed by atoms with Gasteiger partial charge in [-0.3, -0.25) is 4.79 Å². The van der Waals surface area contributed by atoms with E-state index in [0.29, 0.717) is 0 Å². The smallest absolute Gasteiger partial charge is 0.310 e. The third-order valence-electron chi connectivity index (χ3n) is 2.65. The van der Waals surface area contributed by atoms with Gasteiger partial charge in [-0.15, -0.1) is 0 Å². The molecule has 0 aromatic rings. The lowest BCUT2D eigenvalue weighted by atomic mass is 9.78. The summed E-state index contributed by atoms with van der Waals surface area (Å²) in [6.07, 6.45) is -0.496. The number of hydrogen-bond donors (Lipinski definition) is 0. The Morgan fingerprint density at radius 1 is 1.62 bits per heavy atom. The highest BCUT2D eigenvalue weighted by molar-refractivity contribution is 9.12. The molecule has 0 aromatic heterocycles. The van der Waals surface area contributed by atoms with Crippen LogP contribution in [0.4, 0.5) is 8.78 Å². The van der Waals surface area contributed by atoms with Crippen LogP contribution in [0, 0.1) is 22.6 Å². The van der Waals surface area contributed by atoms with Crippen molar-refractivity contribution in [3.63, 3.8) is 0 Å². The molecule has 2 unspecified atom stereocenters. The molecule has 1 fully saturated rings. The van der Waals surface area contributed by atoms with Crippen molar-refractivity contribution in [3.05, 3.63) is 0 Å². The number of rotatable bonds is 2. The molecule has 2 atom stereocenters. The first kappa shape index (κ1) is 13.4. The molecule has 0 N–H and O–H groups in total. The standard InChI is InChI=1S/C11H13BrF2O2/c1-2-16-10(15)9-3-5-11(13,14)7-8(9)4-6-12/h8-9H,2-3,5,7H2,1H3. The summed E-state index contributed by atoms with van der Waals surface area (Å²) in [5.74, 6) is -1.67. The Kier molecular flexibility index (Phi) is 4.72. The lowest BCUT2D eigenvalue weighted by molar-refractivity contribution is -0.154. The van der Waals surface area contributed by atoms with Gasteiger partial charge in [0.15, 0.2) is 0 Å². The average Bonchev–Trinajstić information content (AvgIpc) is 2.17. The first-order chi connectivity index (χ1) is 7.50. The van der Waals surface area contributed by atoms with Crippen molar-refractivity contribution >= 4 is 21.9 Å². The zero-order chi connectivity index (χ0) is 12.2. The number of halogens is 3. The minimum atomic E-state index is -2.72. The summed E-state index contributed by atoms with van der Waals surface area (Å²) in [4.78, 5) is 14.0. The summed E-state index contributed by atoms with van der Waals surface area (Å²) in [5, 5.41) is 0. The van der Waals surface area contributed by atoms with E-state index in [9.17, 15) is 13.6 Å². The summed E-state index contributed by atoms with van der Waals surface area (Å²) in [5.41, 5.74) is 0. The number of esters is 1. The van der Waals surface area contributed by atoms with Gasteiger partial charge in [0, 0.05) is 34.7 Å². The zero-order valence-corrected chi connectivity index (χ0v) is 10.5. The average molecular weight is 295 g/mol. The molecule has 16 heavy (non-hydrogen) atoms. The molecule has 2 nitrogen and oxygen atoms in total. The molecule has 5 heteroatoms. The number of alkyl halides is 2. The summed E-state index contributed by atoms with van der Waals surface area (Å²) < 4.78 is 31.2. The van der Waals surface area contributed by atoms with Crippen LogP contribution >= 0.6 is 15.9 Å². The van der Waals surface area contributed by atoms with Crippen LogP contribution in [0.25, 0.3) is 0 Å². The lowest BCUT2D eigenvalue weighted by Gasteiger charge is -2.31. The fraction of sp³-hybridized carbons (Fsp3) is 0.727. The highest BCUT2D eigenvalue weighted by atomic mass is 79.9. The molecular formula is C11H13BrF2O2. The van der Waals surface area contributed by atoms with Crippen LogP contribution in [0.3, 0.4) is 0 Å². The van der Waals surface area contributed by atoms with E-state index in [1.54, 1.807) is 6.92 Å². The van der Waals surface area contributed by atoms with Gasteiger partial charge in [0.2, 0.25) is 5.92 Å². The van der Waals surface area contributed by atoms with Gasteiger partial charge in [0.05, 0.1) is 12.5 Å². The van der Waals surface area contributed by atoms with Gasteiger partial charge in [-0.2, -0.15) is 0 Å². The normalized spacial score (nSPS) is 27.8. The molecular weight excluding hydrogens is 282 g/mol. The summed E-state index contributed by atoms with van der Waals surface area (Å²) in [6, 6.07) is 0. The molecule has 1 saturated carbocycles. The van der Waals surface area contributed by atoms with Crippen LogP contribution in [-0.2, 0) is 9.53 Å². The highest BCUT2D eigenvalue weighted by Crippen LogP contribution is 2.40. The van der Waals surface area contributed by atoms with Gasteiger partial charge in [0.25, 0.3) is 0 Å². The van der Waals surface area contributed by atoms with Gasteiger partial charge in [-0.05, 0) is 18.2 Å². The van der Waals surface area contributed by atoms with Crippen LogP contribution in [0.15, 0.2) is 0 Å². The number of hydrogen-bond acceptors (Lipinski definition) is 2. The van der Waals surface area contributed by atoms with Crippen molar-refractivity contribution in [2.75, 3.05) is 6.61 Å². The van der Waals surface area contributed by atoms with Crippen molar-refractivity contribution in [2.45, 2.75) is 32.1 Å². The van der Waals surface area contributed by atoms with Crippen LogP contribution in [-0.4, -0.2) is 18.5 Å². The summed E-state index contributed by atoms with van der Waals surface area (Å²) >= 11 is 2.88. The first-order valence-electron chi connectivity index (χ1n) is 5.16. The van der Waals surface area contributed by atoms with Gasteiger partial charge in [0.1, 0.15) is 0 Å². The molecule has 90 valence electrons. The van der Waals surface area contributed by atoms with E-state index in [2.05, 4.69) is 26.7 Å². The van der Waals surface area contributed by atoms with E-state index in [4.69, 9.17) is 4.74 Å². The fourth-order valence-electron chi connectivity index (χ4n) is 1.89. The van der Waals surface area contributed by atoms with Crippen molar-refractivity contribution in [1.29, 1.82) is 0 Å². The summed E-state index contributed by atoms with van der Waals surface area (Å²) in [7, 11) is 0.